The third kappa shape index (κ3) is 4.69. The van der Waals surface area contributed by atoms with Crippen LogP contribution in [0.25, 0.3) is 16.7 Å². The Morgan fingerprint density at radius 1 is 1.14 bits per heavy atom. The zero-order valence-electron chi connectivity index (χ0n) is 19.4. The Morgan fingerprint density at radius 2 is 1.91 bits per heavy atom. The van der Waals surface area contributed by atoms with Crippen molar-refractivity contribution in [1.82, 2.24) is 24.4 Å². The molecule has 35 heavy (non-hydrogen) atoms. The predicted molar refractivity (Wildman–Crippen MR) is 141 cm³/mol. The minimum atomic E-state index is -0.629. The molecule has 2 heterocycles. The van der Waals surface area contributed by atoms with E-state index in [-0.39, 0.29) is 27.2 Å². The second-order valence-electron chi connectivity index (χ2n) is 9.10. The molecule has 0 amide bonds. The maximum atomic E-state index is 12.9. The highest BCUT2D eigenvalue weighted by Crippen LogP contribution is 2.31. The van der Waals surface area contributed by atoms with Gasteiger partial charge in [-0.25, -0.2) is 14.3 Å². The zero-order valence-corrected chi connectivity index (χ0v) is 20.9. The van der Waals surface area contributed by atoms with Crippen molar-refractivity contribution in [3.63, 3.8) is 0 Å². The van der Waals surface area contributed by atoms with Crippen molar-refractivity contribution in [2.75, 3.05) is 31.7 Å². The second-order valence-corrected chi connectivity index (χ2v) is 9.91. The predicted octanol–water partition coefficient (Wildman–Crippen LogP) is 4.47. The topological polar surface area (TPSA) is 102 Å². The van der Waals surface area contributed by atoms with Crippen LogP contribution < -0.4 is 16.7 Å². The fourth-order valence-corrected chi connectivity index (χ4v) is 5.26. The number of benzene rings is 2. The first-order valence-corrected chi connectivity index (χ1v) is 12.1. The fraction of sp³-hybridized carbons (Fsp3) is 0.280. The summed E-state index contributed by atoms with van der Waals surface area (Å²) in [7, 11) is 4.24. The van der Waals surface area contributed by atoms with E-state index in [0.29, 0.717) is 17.3 Å². The second kappa shape index (κ2) is 9.45. The van der Waals surface area contributed by atoms with Crippen LogP contribution in [-0.2, 0) is 12.8 Å². The van der Waals surface area contributed by atoms with Gasteiger partial charge in [-0.3, -0.25) is 0 Å². The van der Waals surface area contributed by atoms with Crippen LogP contribution in [0.15, 0.2) is 47.4 Å². The molecule has 0 bridgehead atoms. The lowest BCUT2D eigenvalue weighted by atomic mass is 9.83. The minimum Gasteiger partial charge on any atom is -0.384 e. The molecular formula is C25H25Cl2N7O. The van der Waals surface area contributed by atoms with Gasteiger partial charge in [-0.05, 0) is 74.7 Å². The van der Waals surface area contributed by atoms with E-state index in [9.17, 15) is 4.79 Å². The van der Waals surface area contributed by atoms with Crippen LogP contribution >= 0.6 is 23.2 Å². The molecule has 0 fully saturated rings. The standard InChI is InChI=1S/C25H25Cl2N7O/c1-33(2)13-14-6-7-16-11-17(9-8-15(16)10-14)30-24-29-12-18-22(28)34(25(35)32-23(18)31-24)21-19(26)4-3-5-20(21)27/h3-5,8-9,11-12,14H,6-7,10,13,28H2,1-2H3,(H,30,31,32,35)/t14-/m0/s1. The molecule has 1 atom stereocenters. The van der Waals surface area contributed by atoms with E-state index in [1.807, 2.05) is 6.07 Å². The molecule has 2 aromatic carbocycles. The molecule has 0 spiro atoms. The number of fused-ring (bicyclic) bond motifs is 2. The Kier molecular flexibility index (Phi) is 6.35. The molecule has 0 aliphatic heterocycles. The number of nitrogens with one attached hydrogen (secondary N) is 1. The lowest BCUT2D eigenvalue weighted by Gasteiger charge is -2.27. The molecule has 0 saturated heterocycles. The number of aromatic nitrogens is 4. The van der Waals surface area contributed by atoms with Crippen LogP contribution in [0.1, 0.15) is 17.5 Å². The van der Waals surface area contributed by atoms with Crippen LogP contribution in [0.4, 0.5) is 17.5 Å². The zero-order chi connectivity index (χ0) is 24.7. The highest BCUT2D eigenvalue weighted by atomic mass is 35.5. The fourth-order valence-electron chi connectivity index (χ4n) is 4.69. The average Bonchev–Trinajstić information content (AvgIpc) is 2.80. The third-order valence-electron chi connectivity index (χ3n) is 6.26. The number of nitrogen functional groups attached to an aromatic ring is 1. The van der Waals surface area contributed by atoms with E-state index < -0.39 is 5.69 Å². The summed E-state index contributed by atoms with van der Waals surface area (Å²) in [5, 5.41) is 4.22. The maximum absolute atomic E-state index is 12.9. The van der Waals surface area contributed by atoms with Crippen molar-refractivity contribution in [2.45, 2.75) is 19.3 Å². The van der Waals surface area contributed by atoms with Crippen LogP contribution in [0.5, 0.6) is 0 Å². The number of rotatable bonds is 5. The Morgan fingerprint density at radius 3 is 2.66 bits per heavy atom. The number of hydrogen-bond acceptors (Lipinski definition) is 7. The molecule has 3 N–H and O–H groups in total. The van der Waals surface area contributed by atoms with E-state index in [2.05, 4.69) is 51.4 Å². The Labute approximate surface area is 212 Å². The molecular weight excluding hydrogens is 485 g/mol. The lowest BCUT2D eigenvalue weighted by molar-refractivity contribution is 0.303. The summed E-state index contributed by atoms with van der Waals surface area (Å²) in [6, 6.07) is 11.3. The van der Waals surface area contributed by atoms with Crippen molar-refractivity contribution in [1.29, 1.82) is 0 Å². The average molecular weight is 510 g/mol. The summed E-state index contributed by atoms with van der Waals surface area (Å²) in [5.74, 6) is 1.13. The summed E-state index contributed by atoms with van der Waals surface area (Å²) in [6.45, 7) is 1.10. The summed E-state index contributed by atoms with van der Waals surface area (Å²) in [6.07, 6.45) is 4.85. The molecule has 1 aliphatic carbocycles. The van der Waals surface area contributed by atoms with Gasteiger partial charge in [0.2, 0.25) is 5.95 Å². The van der Waals surface area contributed by atoms with Gasteiger partial charge in [0.15, 0.2) is 5.65 Å². The van der Waals surface area contributed by atoms with Gasteiger partial charge in [-0.15, -0.1) is 0 Å². The van der Waals surface area contributed by atoms with Crippen molar-refractivity contribution < 1.29 is 0 Å². The monoisotopic (exact) mass is 509 g/mol. The number of nitrogens with zero attached hydrogens (tertiary/aromatic N) is 5. The van der Waals surface area contributed by atoms with Crippen LogP contribution in [0.3, 0.4) is 0 Å². The molecule has 180 valence electrons. The molecule has 0 radical (unpaired) electrons. The van der Waals surface area contributed by atoms with E-state index in [4.69, 9.17) is 28.9 Å². The Bertz CT molecular complexity index is 1460. The first kappa shape index (κ1) is 23.5. The molecule has 4 aromatic rings. The van der Waals surface area contributed by atoms with Crippen molar-refractivity contribution in [2.24, 2.45) is 5.92 Å². The van der Waals surface area contributed by atoms with Gasteiger partial charge in [0, 0.05) is 18.4 Å². The molecule has 1 aliphatic rings. The highest BCUT2D eigenvalue weighted by molar-refractivity contribution is 6.37. The smallest absolute Gasteiger partial charge is 0.355 e. The van der Waals surface area contributed by atoms with Gasteiger partial charge in [0.1, 0.15) is 5.82 Å². The van der Waals surface area contributed by atoms with E-state index in [1.165, 1.54) is 28.3 Å². The molecule has 5 rings (SSSR count). The molecule has 0 unspecified atom stereocenters. The largest absolute Gasteiger partial charge is 0.384 e. The van der Waals surface area contributed by atoms with Crippen LogP contribution in [-0.4, -0.2) is 45.1 Å². The molecule has 8 nitrogen and oxygen atoms in total. The number of halogens is 2. The van der Waals surface area contributed by atoms with Gasteiger partial charge in [-0.2, -0.15) is 9.97 Å². The summed E-state index contributed by atoms with van der Waals surface area (Å²) < 4.78 is 1.18. The lowest BCUT2D eigenvalue weighted by Crippen LogP contribution is -2.26. The molecule has 2 aromatic heterocycles. The summed E-state index contributed by atoms with van der Waals surface area (Å²) >= 11 is 12.6. The van der Waals surface area contributed by atoms with Crippen LogP contribution in [0.2, 0.25) is 10.0 Å². The molecule has 10 heteroatoms. The SMILES string of the molecule is CN(C)C[C@H]1CCc2cc(Nc3ncc4c(N)n(-c5c(Cl)cccc5Cl)c(=O)nc4n3)ccc2C1. The number of para-hydroxylation sites is 1. The minimum absolute atomic E-state index is 0.114. The summed E-state index contributed by atoms with van der Waals surface area (Å²) in [4.78, 5) is 28.0. The number of nitrogens with two attached hydrogens (primary N) is 1. The van der Waals surface area contributed by atoms with Gasteiger partial charge in [0.25, 0.3) is 0 Å². The maximum Gasteiger partial charge on any atom is 0.355 e. The van der Waals surface area contributed by atoms with Gasteiger partial charge in [-0.1, -0.05) is 35.3 Å². The first-order chi connectivity index (χ1) is 16.8. The number of hydrogen-bond donors (Lipinski definition) is 2. The summed E-state index contributed by atoms with van der Waals surface area (Å²) in [5.41, 5.74) is 9.76. The van der Waals surface area contributed by atoms with E-state index in [1.54, 1.807) is 18.2 Å². The number of anilines is 3. The van der Waals surface area contributed by atoms with Crippen LogP contribution in [0, 0.1) is 5.92 Å². The number of aryl methyl sites for hydroxylation is 1. The Hall–Kier alpha value is -3.20. The van der Waals surface area contributed by atoms with Crippen molar-refractivity contribution in [3.8, 4) is 5.69 Å². The highest BCUT2D eigenvalue weighted by Gasteiger charge is 2.20. The van der Waals surface area contributed by atoms with Gasteiger partial charge in [0.05, 0.1) is 21.1 Å². The van der Waals surface area contributed by atoms with Crippen molar-refractivity contribution >= 4 is 51.7 Å². The van der Waals surface area contributed by atoms with Gasteiger partial charge < -0.3 is 16.0 Å². The van der Waals surface area contributed by atoms with E-state index >= 15 is 0 Å². The first-order valence-electron chi connectivity index (χ1n) is 11.3. The van der Waals surface area contributed by atoms with Gasteiger partial charge >= 0.3 is 5.69 Å². The normalized spacial score (nSPS) is 15.4. The van der Waals surface area contributed by atoms with E-state index in [0.717, 1.165) is 25.1 Å². The third-order valence-corrected chi connectivity index (χ3v) is 6.87. The quantitative estimate of drug-likeness (QED) is 0.408. The molecule has 0 saturated carbocycles. The van der Waals surface area contributed by atoms with Crippen molar-refractivity contribution in [3.05, 3.63) is 74.3 Å². The Balaban J connectivity index is 1.44.